The molecule has 1 amide bonds. The van der Waals surface area contributed by atoms with Crippen LogP contribution in [0.1, 0.15) is 10.5 Å². The van der Waals surface area contributed by atoms with Crippen LogP contribution in [0.5, 0.6) is 0 Å². The number of carbonyl (C=O) groups excluding carboxylic acids is 1. The van der Waals surface area contributed by atoms with E-state index in [9.17, 15) is 9.18 Å². The SMILES string of the molecule is Cn1cc(C(=O)NCCF)nn1. The summed E-state index contributed by atoms with van der Waals surface area (Å²) in [5.74, 6) is -0.402. The molecular formula is C6H9FN4O. The minimum atomic E-state index is -0.577. The first-order valence-corrected chi connectivity index (χ1v) is 3.44. The van der Waals surface area contributed by atoms with Crippen molar-refractivity contribution in [3.63, 3.8) is 0 Å². The van der Waals surface area contributed by atoms with Crippen molar-refractivity contribution in [1.29, 1.82) is 0 Å². The maximum Gasteiger partial charge on any atom is 0.273 e. The zero-order valence-electron chi connectivity index (χ0n) is 6.62. The fourth-order valence-electron chi connectivity index (χ4n) is 0.703. The van der Waals surface area contributed by atoms with Crippen molar-refractivity contribution in [3.8, 4) is 0 Å². The Morgan fingerprint density at radius 2 is 2.58 bits per heavy atom. The number of aryl methyl sites for hydroxylation is 1. The lowest BCUT2D eigenvalue weighted by molar-refractivity contribution is 0.0945. The highest BCUT2D eigenvalue weighted by Crippen LogP contribution is 1.89. The third-order valence-electron chi connectivity index (χ3n) is 1.22. The maximum atomic E-state index is 11.6. The zero-order chi connectivity index (χ0) is 8.97. The molecule has 0 aliphatic rings. The fraction of sp³-hybridized carbons (Fsp3) is 0.500. The van der Waals surface area contributed by atoms with E-state index in [0.29, 0.717) is 0 Å². The molecule has 0 saturated carbocycles. The predicted octanol–water partition coefficient (Wildman–Crippen LogP) is -0.486. The third-order valence-corrected chi connectivity index (χ3v) is 1.22. The minimum Gasteiger partial charge on any atom is -0.348 e. The van der Waals surface area contributed by atoms with Crippen LogP contribution in [0, 0.1) is 0 Å². The molecule has 1 heterocycles. The summed E-state index contributed by atoms with van der Waals surface area (Å²) in [6, 6.07) is 0. The molecule has 5 nitrogen and oxygen atoms in total. The number of alkyl halides is 1. The fourth-order valence-corrected chi connectivity index (χ4v) is 0.703. The van der Waals surface area contributed by atoms with Gasteiger partial charge in [-0.2, -0.15) is 0 Å². The standard InChI is InChI=1S/C6H9FN4O/c1-11-4-5(9-10-11)6(12)8-3-2-7/h4H,2-3H2,1H3,(H,8,12). The molecule has 6 heteroatoms. The van der Waals surface area contributed by atoms with Crippen LogP contribution in [0.2, 0.25) is 0 Å². The van der Waals surface area contributed by atoms with Crippen LogP contribution < -0.4 is 5.32 Å². The van der Waals surface area contributed by atoms with Crippen molar-refractivity contribution in [2.75, 3.05) is 13.2 Å². The Labute approximate surface area is 68.6 Å². The molecule has 0 aromatic carbocycles. The predicted molar refractivity (Wildman–Crippen MR) is 39.3 cm³/mol. The van der Waals surface area contributed by atoms with Gasteiger partial charge in [0.25, 0.3) is 5.91 Å². The normalized spacial score (nSPS) is 9.83. The van der Waals surface area contributed by atoms with Gasteiger partial charge < -0.3 is 5.32 Å². The Morgan fingerprint density at radius 1 is 1.83 bits per heavy atom. The number of hydrogen-bond acceptors (Lipinski definition) is 3. The summed E-state index contributed by atoms with van der Waals surface area (Å²) in [4.78, 5) is 11.0. The van der Waals surface area contributed by atoms with Gasteiger partial charge in [0.1, 0.15) is 6.67 Å². The van der Waals surface area contributed by atoms with E-state index in [0.717, 1.165) is 0 Å². The minimum absolute atomic E-state index is 0.00933. The first kappa shape index (κ1) is 8.63. The molecule has 0 bridgehead atoms. The summed E-state index contributed by atoms with van der Waals surface area (Å²) in [5.41, 5.74) is 0.200. The van der Waals surface area contributed by atoms with E-state index in [1.165, 1.54) is 10.9 Å². The van der Waals surface area contributed by atoms with E-state index >= 15 is 0 Å². The van der Waals surface area contributed by atoms with Gasteiger partial charge in [-0.1, -0.05) is 5.21 Å². The average molecular weight is 172 g/mol. The van der Waals surface area contributed by atoms with E-state index < -0.39 is 12.6 Å². The molecule has 0 fully saturated rings. The van der Waals surface area contributed by atoms with Crippen molar-refractivity contribution < 1.29 is 9.18 Å². The summed E-state index contributed by atoms with van der Waals surface area (Å²) in [5, 5.41) is 9.44. The van der Waals surface area contributed by atoms with Crippen LogP contribution in [0.4, 0.5) is 4.39 Å². The Bertz CT molecular complexity index is 272. The van der Waals surface area contributed by atoms with Crippen LogP contribution in [0.25, 0.3) is 0 Å². The zero-order valence-corrected chi connectivity index (χ0v) is 6.62. The molecule has 1 aromatic rings. The van der Waals surface area contributed by atoms with Crippen LogP contribution >= 0.6 is 0 Å². The highest BCUT2D eigenvalue weighted by atomic mass is 19.1. The smallest absolute Gasteiger partial charge is 0.273 e. The largest absolute Gasteiger partial charge is 0.348 e. The summed E-state index contributed by atoms with van der Waals surface area (Å²) in [6.07, 6.45) is 1.47. The summed E-state index contributed by atoms with van der Waals surface area (Å²) in [6.45, 7) is -0.568. The monoisotopic (exact) mass is 172 g/mol. The number of nitrogens with one attached hydrogen (secondary N) is 1. The van der Waals surface area contributed by atoms with Gasteiger partial charge in [0.05, 0.1) is 6.20 Å². The van der Waals surface area contributed by atoms with Crippen molar-refractivity contribution in [2.45, 2.75) is 0 Å². The van der Waals surface area contributed by atoms with Gasteiger partial charge in [0, 0.05) is 13.6 Å². The lowest BCUT2D eigenvalue weighted by Crippen LogP contribution is -2.25. The first-order valence-electron chi connectivity index (χ1n) is 3.44. The molecule has 0 aliphatic carbocycles. The molecule has 12 heavy (non-hydrogen) atoms. The second-order valence-corrected chi connectivity index (χ2v) is 2.22. The van der Waals surface area contributed by atoms with Gasteiger partial charge in [-0.05, 0) is 0 Å². The summed E-state index contributed by atoms with van der Waals surface area (Å²) in [7, 11) is 1.65. The highest BCUT2D eigenvalue weighted by molar-refractivity contribution is 5.91. The van der Waals surface area contributed by atoms with Crippen LogP contribution in [-0.4, -0.2) is 34.1 Å². The van der Waals surface area contributed by atoms with E-state index in [-0.39, 0.29) is 12.2 Å². The molecule has 66 valence electrons. The van der Waals surface area contributed by atoms with E-state index in [2.05, 4.69) is 15.6 Å². The second kappa shape index (κ2) is 3.80. The van der Waals surface area contributed by atoms with Gasteiger partial charge in [0.15, 0.2) is 5.69 Å². The van der Waals surface area contributed by atoms with E-state index in [1.807, 2.05) is 0 Å². The Kier molecular flexibility index (Phi) is 2.73. The summed E-state index contributed by atoms with van der Waals surface area (Å²) >= 11 is 0. The quantitative estimate of drug-likeness (QED) is 0.669. The van der Waals surface area contributed by atoms with Gasteiger partial charge in [-0.3, -0.25) is 9.48 Å². The van der Waals surface area contributed by atoms with Gasteiger partial charge in [-0.25, -0.2) is 4.39 Å². The number of hydrogen-bond donors (Lipinski definition) is 1. The lowest BCUT2D eigenvalue weighted by Gasteiger charge is -1.96. The molecule has 0 atom stereocenters. The molecule has 1 N–H and O–H groups in total. The number of halogens is 1. The Hall–Kier alpha value is -1.46. The summed E-state index contributed by atoms with van der Waals surface area (Å²) < 4.78 is 13.0. The maximum absolute atomic E-state index is 11.6. The Balaban J connectivity index is 2.53. The average Bonchev–Trinajstić information content (AvgIpc) is 2.47. The van der Waals surface area contributed by atoms with Crippen LogP contribution in [0.15, 0.2) is 6.20 Å². The molecular weight excluding hydrogens is 163 g/mol. The van der Waals surface area contributed by atoms with Gasteiger partial charge in [-0.15, -0.1) is 5.10 Å². The molecule has 0 saturated heterocycles. The molecule has 0 aliphatic heterocycles. The van der Waals surface area contributed by atoms with E-state index in [4.69, 9.17) is 0 Å². The number of carbonyl (C=O) groups is 1. The number of nitrogens with zero attached hydrogens (tertiary/aromatic N) is 3. The Morgan fingerprint density at radius 3 is 3.08 bits per heavy atom. The molecule has 1 aromatic heterocycles. The molecule has 0 spiro atoms. The van der Waals surface area contributed by atoms with Crippen molar-refractivity contribution in [1.82, 2.24) is 20.3 Å². The number of aromatic nitrogens is 3. The third kappa shape index (κ3) is 2.01. The van der Waals surface area contributed by atoms with Gasteiger partial charge in [0.2, 0.25) is 0 Å². The second-order valence-electron chi connectivity index (χ2n) is 2.22. The van der Waals surface area contributed by atoms with Crippen molar-refractivity contribution >= 4 is 5.91 Å². The van der Waals surface area contributed by atoms with Crippen LogP contribution in [-0.2, 0) is 7.05 Å². The molecule has 0 radical (unpaired) electrons. The highest BCUT2D eigenvalue weighted by Gasteiger charge is 2.07. The van der Waals surface area contributed by atoms with Crippen LogP contribution in [0.3, 0.4) is 0 Å². The van der Waals surface area contributed by atoms with E-state index in [1.54, 1.807) is 7.05 Å². The number of amides is 1. The molecule has 1 rings (SSSR count). The molecule has 0 unspecified atom stereocenters. The van der Waals surface area contributed by atoms with Crippen molar-refractivity contribution in [3.05, 3.63) is 11.9 Å². The van der Waals surface area contributed by atoms with Crippen molar-refractivity contribution in [2.24, 2.45) is 7.05 Å². The lowest BCUT2D eigenvalue weighted by atomic mass is 10.4. The number of rotatable bonds is 3. The topological polar surface area (TPSA) is 59.8 Å². The first-order chi connectivity index (χ1) is 5.74. The van der Waals surface area contributed by atoms with Gasteiger partial charge >= 0.3 is 0 Å².